The molecule has 4 N–H and O–H groups in total. The minimum absolute atomic E-state index is 0. The van der Waals surface area contributed by atoms with Gasteiger partial charge >= 0.3 is 127 Å². The second-order valence-corrected chi connectivity index (χ2v) is 6.58. The molecule has 0 aromatic carbocycles. The molecule has 9 heteroatoms. The topological polar surface area (TPSA) is 132 Å². The Morgan fingerprint density at radius 3 is 1.29 bits per heavy atom. The van der Waals surface area contributed by atoms with Gasteiger partial charge < -0.3 is 0 Å². The molecule has 0 aromatic rings. The number of carboxylic acid groups (broad SMARTS) is 2. The van der Waals surface area contributed by atoms with Crippen LogP contribution in [-0.2, 0) is 29.1 Å². The predicted octanol–water partition coefficient (Wildman–Crippen LogP) is -3.53. The van der Waals surface area contributed by atoms with Crippen LogP contribution < -0.4 is 21.7 Å². The van der Waals surface area contributed by atoms with Gasteiger partial charge in [0.15, 0.2) is 0 Å². The molecular weight excluding hydrogens is 411 g/mol. The van der Waals surface area contributed by atoms with Crippen molar-refractivity contribution < 1.29 is 39.3 Å². The van der Waals surface area contributed by atoms with Crippen molar-refractivity contribution in [3.05, 3.63) is 0 Å². The maximum absolute atomic E-state index is 9.86. The summed E-state index contributed by atoms with van der Waals surface area (Å²) in [7, 11) is 0. The first kappa shape index (κ1) is 22.7. The standard InChI is InChI=1S/2C4H9NO2Se.Zn/c2*1-8-2-3(5)4(6)7;/h2*3H,2,5H2,1H3,(H,6,7);/q;;+2/p-2/t2*3-;/m00./s1. The van der Waals surface area contributed by atoms with E-state index in [1.807, 2.05) is 11.6 Å². The molecule has 0 aromatic heterocycles. The summed E-state index contributed by atoms with van der Waals surface area (Å²) in [6, 6.07) is -1.50. The van der Waals surface area contributed by atoms with Gasteiger partial charge in [-0.15, -0.1) is 0 Å². The van der Waals surface area contributed by atoms with E-state index < -0.39 is 24.0 Å². The van der Waals surface area contributed by atoms with Crippen LogP contribution in [0.5, 0.6) is 0 Å². The van der Waals surface area contributed by atoms with E-state index in [0.29, 0.717) is 40.6 Å². The molecule has 0 rings (SSSR count). The van der Waals surface area contributed by atoms with Crippen molar-refractivity contribution >= 4 is 41.9 Å². The van der Waals surface area contributed by atoms with Crippen LogP contribution >= 0.6 is 0 Å². The first-order chi connectivity index (χ1) is 7.36. The number of hydrogen-bond acceptors (Lipinski definition) is 6. The third-order valence-electron chi connectivity index (χ3n) is 1.30. The van der Waals surface area contributed by atoms with Crippen LogP contribution in [0.4, 0.5) is 0 Å². The third kappa shape index (κ3) is 16.5. The summed E-state index contributed by atoms with van der Waals surface area (Å²) in [6.07, 6.45) is 0. The van der Waals surface area contributed by atoms with Crippen LogP contribution in [0.15, 0.2) is 0 Å². The Morgan fingerprint density at radius 2 is 1.24 bits per heavy atom. The van der Waals surface area contributed by atoms with Gasteiger partial charge in [0.1, 0.15) is 0 Å². The number of carbonyl (C=O) groups is 2. The molecular formula is C8H16N2O4Se2Zn. The van der Waals surface area contributed by atoms with Crippen molar-refractivity contribution in [3.63, 3.8) is 0 Å². The Hall–Kier alpha value is 0.522. The van der Waals surface area contributed by atoms with E-state index in [2.05, 4.69) is 0 Å². The van der Waals surface area contributed by atoms with Gasteiger partial charge in [-0.25, -0.2) is 0 Å². The molecule has 0 aliphatic heterocycles. The zero-order chi connectivity index (χ0) is 13.1. The molecule has 0 saturated carbocycles. The third-order valence-corrected chi connectivity index (χ3v) is 4.20. The number of rotatable bonds is 6. The second kappa shape index (κ2) is 14.6. The van der Waals surface area contributed by atoms with E-state index in [4.69, 9.17) is 11.5 Å². The van der Waals surface area contributed by atoms with Crippen molar-refractivity contribution in [1.29, 1.82) is 0 Å². The summed E-state index contributed by atoms with van der Waals surface area (Å²) in [6.45, 7) is 0. The quantitative estimate of drug-likeness (QED) is 0.422. The molecule has 0 heterocycles. The molecule has 0 aliphatic carbocycles. The fraction of sp³-hybridized carbons (Fsp3) is 0.750. The van der Waals surface area contributed by atoms with Crippen molar-refractivity contribution in [2.75, 3.05) is 0 Å². The second-order valence-electron chi connectivity index (χ2n) is 2.76. The Kier molecular flexibility index (Phi) is 19.5. The van der Waals surface area contributed by atoms with Gasteiger partial charge in [0.25, 0.3) is 0 Å². The maximum atomic E-state index is 9.86. The van der Waals surface area contributed by atoms with Crippen molar-refractivity contribution in [2.45, 2.75) is 34.4 Å². The number of carbonyl (C=O) groups excluding carboxylic acids is 2. The predicted molar refractivity (Wildman–Crippen MR) is 58.8 cm³/mol. The molecule has 96 valence electrons. The summed E-state index contributed by atoms with van der Waals surface area (Å²) in [5, 5.41) is 20.9. The number of aliphatic carboxylic acids is 2. The normalized spacial score (nSPS) is 12.5. The summed E-state index contributed by atoms with van der Waals surface area (Å²) in [5.41, 5.74) is 10.2. The van der Waals surface area contributed by atoms with Gasteiger partial charge in [0.2, 0.25) is 0 Å². The zero-order valence-corrected chi connectivity index (χ0v) is 16.3. The minimum Gasteiger partial charge on any atom is 2.00 e. The molecule has 0 amide bonds. The molecule has 0 unspecified atom stereocenters. The van der Waals surface area contributed by atoms with Gasteiger partial charge in [-0.3, -0.25) is 0 Å². The SMILES string of the molecule is C[Se]C[C@H](N)C(=O)[O-].C[Se]C[C@H](N)C(=O)[O-].[Zn+2]. The van der Waals surface area contributed by atoms with Gasteiger partial charge in [-0.1, -0.05) is 0 Å². The van der Waals surface area contributed by atoms with Crippen LogP contribution in [-0.4, -0.2) is 53.9 Å². The largest absolute Gasteiger partial charge is 2.00 e. The Bertz CT molecular complexity index is 200. The van der Waals surface area contributed by atoms with Crippen LogP contribution in [0, 0.1) is 0 Å². The average molecular weight is 428 g/mol. The summed E-state index contributed by atoms with van der Waals surface area (Å²) >= 11 is 0.666. The van der Waals surface area contributed by atoms with Gasteiger partial charge in [-0.2, -0.15) is 0 Å². The zero-order valence-electron chi connectivity index (χ0n) is 9.88. The number of carboxylic acids is 2. The van der Waals surface area contributed by atoms with E-state index in [1.165, 1.54) is 0 Å². The van der Waals surface area contributed by atoms with E-state index in [-0.39, 0.29) is 19.5 Å². The summed E-state index contributed by atoms with van der Waals surface area (Å²) < 4.78 is 0. The van der Waals surface area contributed by atoms with Gasteiger partial charge in [0, 0.05) is 0 Å². The van der Waals surface area contributed by atoms with E-state index in [0.717, 1.165) is 0 Å². The molecule has 0 aliphatic rings. The first-order valence-electron chi connectivity index (χ1n) is 4.27. The maximum Gasteiger partial charge on any atom is 2.00 e. The summed E-state index contributed by atoms with van der Waals surface area (Å²) in [4.78, 5) is 19.7. The molecule has 0 bridgehead atoms. The first-order valence-corrected chi connectivity index (χ1v) is 10.1. The smallest absolute Gasteiger partial charge is 2.00 e. The minimum atomic E-state index is -1.14. The Balaban J connectivity index is -0.000000218. The molecule has 0 saturated heterocycles. The van der Waals surface area contributed by atoms with Gasteiger partial charge in [0.05, 0.1) is 0 Å². The monoisotopic (exact) mass is 428 g/mol. The van der Waals surface area contributed by atoms with E-state index in [9.17, 15) is 19.8 Å². The molecule has 0 fully saturated rings. The van der Waals surface area contributed by atoms with Gasteiger partial charge in [-0.05, 0) is 0 Å². The Labute approximate surface area is 126 Å². The fourth-order valence-corrected chi connectivity index (χ4v) is 2.57. The van der Waals surface area contributed by atoms with E-state index in [1.54, 1.807) is 0 Å². The fourth-order valence-electron chi connectivity index (χ4n) is 0.495. The van der Waals surface area contributed by atoms with Crippen LogP contribution in [0.1, 0.15) is 0 Å². The molecule has 6 nitrogen and oxygen atoms in total. The molecule has 0 radical (unpaired) electrons. The molecule has 0 spiro atoms. The van der Waals surface area contributed by atoms with Crippen molar-refractivity contribution in [2.24, 2.45) is 11.5 Å². The average Bonchev–Trinajstić information content (AvgIpc) is 2.19. The van der Waals surface area contributed by atoms with E-state index >= 15 is 0 Å². The Morgan fingerprint density at radius 1 is 1.00 bits per heavy atom. The van der Waals surface area contributed by atoms with Crippen molar-refractivity contribution in [1.82, 2.24) is 0 Å². The number of nitrogens with two attached hydrogens (primary N) is 2. The van der Waals surface area contributed by atoms with Crippen LogP contribution in [0.3, 0.4) is 0 Å². The number of hydrogen-bond donors (Lipinski definition) is 2. The van der Waals surface area contributed by atoms with Crippen LogP contribution in [0.2, 0.25) is 22.3 Å². The van der Waals surface area contributed by atoms with Crippen molar-refractivity contribution in [3.8, 4) is 0 Å². The van der Waals surface area contributed by atoms with Crippen LogP contribution in [0.25, 0.3) is 0 Å². The molecule has 2 atom stereocenters. The molecule has 17 heavy (non-hydrogen) atoms. The summed E-state index contributed by atoms with van der Waals surface area (Å²) in [5.74, 6) is 1.59.